The van der Waals surface area contributed by atoms with Crippen molar-refractivity contribution in [3.63, 3.8) is 0 Å². The third-order valence-corrected chi connectivity index (χ3v) is 3.57. The molecule has 21 heavy (non-hydrogen) atoms. The molecule has 0 atom stereocenters. The standard InChI is InChI=1S/C16H14FNO2S/c1-11-8-13(5-6-15(11)17)18-16(20)12-9-14(21-10-12)4-2-3-7-19/h5-6,8-10,19H,3,7H2,1H3,(H,18,20). The van der Waals surface area contributed by atoms with Gasteiger partial charge < -0.3 is 10.4 Å². The highest BCUT2D eigenvalue weighted by Gasteiger charge is 2.09. The number of aliphatic hydroxyl groups excluding tert-OH is 1. The molecule has 0 fully saturated rings. The molecule has 0 saturated heterocycles. The SMILES string of the molecule is Cc1cc(NC(=O)c2csc(C#CCCO)c2)ccc1F. The van der Waals surface area contributed by atoms with Crippen LogP contribution in [0.5, 0.6) is 0 Å². The van der Waals surface area contributed by atoms with Crippen LogP contribution >= 0.6 is 11.3 Å². The van der Waals surface area contributed by atoms with Crippen molar-refractivity contribution in [1.82, 2.24) is 0 Å². The minimum absolute atomic E-state index is 0.0234. The molecule has 2 aromatic rings. The lowest BCUT2D eigenvalue weighted by atomic mass is 10.2. The highest BCUT2D eigenvalue weighted by molar-refractivity contribution is 7.10. The van der Waals surface area contributed by atoms with E-state index < -0.39 is 0 Å². The van der Waals surface area contributed by atoms with Gasteiger partial charge in [0.15, 0.2) is 0 Å². The normalized spacial score (nSPS) is 9.86. The van der Waals surface area contributed by atoms with E-state index in [4.69, 9.17) is 5.11 Å². The van der Waals surface area contributed by atoms with Crippen LogP contribution in [0.15, 0.2) is 29.6 Å². The maximum absolute atomic E-state index is 13.2. The van der Waals surface area contributed by atoms with Crippen molar-refractivity contribution in [2.24, 2.45) is 0 Å². The largest absolute Gasteiger partial charge is 0.395 e. The Balaban J connectivity index is 2.07. The second kappa shape index (κ2) is 7.02. The quantitative estimate of drug-likeness (QED) is 0.856. The molecule has 0 spiro atoms. The molecule has 0 saturated carbocycles. The first kappa shape index (κ1) is 15.2. The molecule has 0 aliphatic rings. The van der Waals surface area contributed by atoms with Gasteiger partial charge in [-0.2, -0.15) is 0 Å². The average molecular weight is 303 g/mol. The number of thiophene rings is 1. The summed E-state index contributed by atoms with van der Waals surface area (Å²) in [5.74, 6) is 5.13. The van der Waals surface area contributed by atoms with Crippen LogP contribution in [-0.4, -0.2) is 17.6 Å². The molecule has 1 amide bonds. The smallest absolute Gasteiger partial charge is 0.256 e. The molecule has 1 heterocycles. The van der Waals surface area contributed by atoms with E-state index in [1.165, 1.54) is 23.5 Å². The number of aryl methyl sites for hydroxylation is 1. The zero-order chi connectivity index (χ0) is 15.2. The maximum atomic E-state index is 13.2. The molecule has 0 aliphatic carbocycles. The van der Waals surface area contributed by atoms with Gasteiger partial charge in [-0.15, -0.1) is 11.3 Å². The van der Waals surface area contributed by atoms with Crippen LogP contribution in [0, 0.1) is 24.6 Å². The van der Waals surface area contributed by atoms with Crippen molar-refractivity contribution in [2.75, 3.05) is 11.9 Å². The van der Waals surface area contributed by atoms with Crippen molar-refractivity contribution in [2.45, 2.75) is 13.3 Å². The van der Waals surface area contributed by atoms with Gasteiger partial charge in [0.1, 0.15) is 5.82 Å². The average Bonchev–Trinajstić information content (AvgIpc) is 2.92. The maximum Gasteiger partial charge on any atom is 0.256 e. The van der Waals surface area contributed by atoms with E-state index in [1.807, 2.05) is 0 Å². The topological polar surface area (TPSA) is 49.3 Å². The Morgan fingerprint density at radius 3 is 2.95 bits per heavy atom. The Hall–Kier alpha value is -2.16. The van der Waals surface area contributed by atoms with Gasteiger partial charge in [0, 0.05) is 17.5 Å². The summed E-state index contributed by atoms with van der Waals surface area (Å²) in [6, 6.07) is 6.13. The molecular weight excluding hydrogens is 289 g/mol. The summed E-state index contributed by atoms with van der Waals surface area (Å²) in [5.41, 5.74) is 1.54. The lowest BCUT2D eigenvalue weighted by molar-refractivity contribution is 0.102. The third kappa shape index (κ3) is 4.15. The molecule has 2 N–H and O–H groups in total. The predicted molar refractivity (Wildman–Crippen MR) is 82.0 cm³/mol. The number of halogens is 1. The van der Waals surface area contributed by atoms with Crippen LogP contribution in [0.3, 0.4) is 0 Å². The summed E-state index contributed by atoms with van der Waals surface area (Å²) in [4.78, 5) is 12.8. The van der Waals surface area contributed by atoms with E-state index in [2.05, 4.69) is 17.2 Å². The summed E-state index contributed by atoms with van der Waals surface area (Å²) in [7, 11) is 0. The number of carbonyl (C=O) groups is 1. The van der Waals surface area contributed by atoms with Crippen LogP contribution in [0.4, 0.5) is 10.1 Å². The Bertz CT molecular complexity index is 713. The van der Waals surface area contributed by atoms with Crippen LogP contribution in [0.2, 0.25) is 0 Å². The van der Waals surface area contributed by atoms with Gasteiger partial charge in [0.2, 0.25) is 0 Å². The van der Waals surface area contributed by atoms with Gasteiger partial charge >= 0.3 is 0 Å². The van der Waals surface area contributed by atoms with E-state index in [0.717, 1.165) is 4.88 Å². The number of benzene rings is 1. The monoisotopic (exact) mass is 303 g/mol. The number of amides is 1. The van der Waals surface area contributed by atoms with Crippen molar-refractivity contribution >= 4 is 22.9 Å². The molecule has 1 aromatic heterocycles. The fourth-order valence-corrected chi connectivity index (χ4v) is 2.41. The zero-order valence-corrected chi connectivity index (χ0v) is 12.3. The summed E-state index contributed by atoms with van der Waals surface area (Å²) >= 11 is 1.37. The molecule has 3 nitrogen and oxygen atoms in total. The summed E-state index contributed by atoms with van der Waals surface area (Å²) in [6.07, 6.45) is 0.411. The van der Waals surface area contributed by atoms with Crippen LogP contribution in [0.25, 0.3) is 0 Å². The minimum atomic E-state index is -0.301. The molecule has 0 bridgehead atoms. The third-order valence-electron chi connectivity index (χ3n) is 2.73. The Kier molecular flexibility index (Phi) is 5.09. The van der Waals surface area contributed by atoms with Crippen LogP contribution in [0.1, 0.15) is 27.2 Å². The summed E-state index contributed by atoms with van der Waals surface area (Å²) in [6.45, 7) is 1.67. The van der Waals surface area contributed by atoms with Crippen LogP contribution < -0.4 is 5.32 Å². The number of hydrogen-bond acceptors (Lipinski definition) is 3. The van der Waals surface area contributed by atoms with Gasteiger partial charge in [-0.3, -0.25) is 4.79 Å². The van der Waals surface area contributed by atoms with E-state index in [9.17, 15) is 9.18 Å². The molecule has 0 radical (unpaired) electrons. The Labute approximate surface area is 126 Å². The van der Waals surface area contributed by atoms with Gasteiger partial charge in [0.25, 0.3) is 5.91 Å². The zero-order valence-electron chi connectivity index (χ0n) is 11.4. The first-order valence-corrected chi connectivity index (χ1v) is 7.24. The highest BCUT2D eigenvalue weighted by Crippen LogP contribution is 2.17. The number of carbonyl (C=O) groups excluding carboxylic acids is 1. The Morgan fingerprint density at radius 2 is 2.24 bits per heavy atom. The summed E-state index contributed by atoms with van der Waals surface area (Å²) < 4.78 is 13.2. The fraction of sp³-hybridized carbons (Fsp3) is 0.188. The molecule has 5 heteroatoms. The Morgan fingerprint density at radius 1 is 1.43 bits per heavy atom. The van der Waals surface area contributed by atoms with Gasteiger partial charge in [0.05, 0.1) is 17.0 Å². The fourth-order valence-electron chi connectivity index (χ4n) is 1.65. The number of aliphatic hydroxyl groups is 1. The molecule has 0 unspecified atom stereocenters. The second-order valence-electron chi connectivity index (χ2n) is 4.39. The van der Waals surface area contributed by atoms with Crippen LogP contribution in [-0.2, 0) is 0 Å². The van der Waals surface area contributed by atoms with E-state index >= 15 is 0 Å². The minimum Gasteiger partial charge on any atom is -0.395 e. The second-order valence-corrected chi connectivity index (χ2v) is 5.30. The van der Waals surface area contributed by atoms with E-state index in [1.54, 1.807) is 24.4 Å². The van der Waals surface area contributed by atoms with Gasteiger partial charge in [-0.25, -0.2) is 4.39 Å². The number of hydrogen-bond donors (Lipinski definition) is 2. The summed E-state index contributed by atoms with van der Waals surface area (Å²) in [5, 5.41) is 13.1. The van der Waals surface area contributed by atoms with E-state index in [0.29, 0.717) is 23.2 Å². The van der Waals surface area contributed by atoms with Gasteiger partial charge in [-0.05, 0) is 36.8 Å². The van der Waals surface area contributed by atoms with Crippen molar-refractivity contribution in [3.8, 4) is 11.8 Å². The number of anilines is 1. The predicted octanol–water partition coefficient (Wildman–Crippen LogP) is 3.18. The van der Waals surface area contributed by atoms with Crippen molar-refractivity contribution in [3.05, 3.63) is 51.5 Å². The first-order valence-electron chi connectivity index (χ1n) is 6.36. The van der Waals surface area contributed by atoms with E-state index in [-0.39, 0.29) is 18.3 Å². The molecule has 108 valence electrons. The van der Waals surface area contributed by atoms with Gasteiger partial charge in [-0.1, -0.05) is 11.8 Å². The lowest BCUT2D eigenvalue weighted by Crippen LogP contribution is -2.11. The number of nitrogens with one attached hydrogen (secondary N) is 1. The van der Waals surface area contributed by atoms with Crippen molar-refractivity contribution in [1.29, 1.82) is 0 Å². The van der Waals surface area contributed by atoms with Crippen molar-refractivity contribution < 1.29 is 14.3 Å². The molecule has 0 aliphatic heterocycles. The lowest BCUT2D eigenvalue weighted by Gasteiger charge is -2.05. The first-order chi connectivity index (χ1) is 10.1. The highest BCUT2D eigenvalue weighted by atomic mass is 32.1. The molecule has 2 rings (SSSR count). The number of rotatable bonds is 3. The molecule has 1 aromatic carbocycles. The molecular formula is C16H14FNO2S.